The second-order valence-electron chi connectivity index (χ2n) is 3.50. The molecular formula is C13H13FO2. The first kappa shape index (κ1) is 12.3. The molecule has 0 bridgehead atoms. The van der Waals surface area contributed by atoms with E-state index in [2.05, 4.69) is 11.8 Å². The van der Waals surface area contributed by atoms with Gasteiger partial charge >= 0.3 is 5.97 Å². The van der Waals surface area contributed by atoms with Crippen molar-refractivity contribution in [1.82, 2.24) is 0 Å². The van der Waals surface area contributed by atoms with Crippen LogP contribution in [0.3, 0.4) is 0 Å². The van der Waals surface area contributed by atoms with Crippen molar-refractivity contribution in [2.24, 2.45) is 5.92 Å². The average molecular weight is 220 g/mol. The first-order valence-electron chi connectivity index (χ1n) is 5.00. The number of benzene rings is 1. The molecule has 0 amide bonds. The number of hydrogen-bond donors (Lipinski definition) is 1. The lowest BCUT2D eigenvalue weighted by Gasteiger charge is -2.08. The zero-order valence-electron chi connectivity index (χ0n) is 9.03. The van der Waals surface area contributed by atoms with Gasteiger partial charge in [0.1, 0.15) is 5.82 Å². The molecule has 0 heterocycles. The third-order valence-electron chi connectivity index (χ3n) is 2.25. The minimum Gasteiger partial charge on any atom is -0.481 e. The Bertz CT molecular complexity index is 429. The summed E-state index contributed by atoms with van der Waals surface area (Å²) in [5, 5.41) is 8.97. The molecule has 1 unspecified atom stereocenters. The highest BCUT2D eigenvalue weighted by atomic mass is 19.1. The molecule has 1 rings (SSSR count). The minimum absolute atomic E-state index is 0.294. The highest BCUT2D eigenvalue weighted by molar-refractivity contribution is 5.70. The molecule has 1 aromatic rings. The number of carboxylic acid groups (broad SMARTS) is 1. The number of carbonyl (C=O) groups is 1. The molecule has 16 heavy (non-hydrogen) atoms. The van der Waals surface area contributed by atoms with Crippen molar-refractivity contribution >= 4 is 5.97 Å². The van der Waals surface area contributed by atoms with Gasteiger partial charge in [-0.3, -0.25) is 4.79 Å². The maximum absolute atomic E-state index is 12.9. The summed E-state index contributed by atoms with van der Waals surface area (Å²) < 4.78 is 12.9. The van der Waals surface area contributed by atoms with Crippen LogP contribution in [0.25, 0.3) is 0 Å². The summed E-state index contributed by atoms with van der Waals surface area (Å²) in [6.07, 6.45) is 0.601. The van der Waals surface area contributed by atoms with Gasteiger partial charge in [0.05, 0.1) is 5.92 Å². The van der Waals surface area contributed by atoms with Crippen molar-refractivity contribution in [3.8, 4) is 11.8 Å². The standard InChI is InChI=1S/C13H13FO2/c1-2-3-6-11(13(15)16)8-10-5-4-7-12(14)9-10/h4-5,7,9,11H,6,8H2,1H3,(H,15,16). The van der Waals surface area contributed by atoms with E-state index in [4.69, 9.17) is 5.11 Å². The Morgan fingerprint density at radius 3 is 2.88 bits per heavy atom. The van der Waals surface area contributed by atoms with Crippen LogP contribution < -0.4 is 0 Å². The zero-order valence-corrected chi connectivity index (χ0v) is 9.03. The largest absolute Gasteiger partial charge is 0.481 e. The minimum atomic E-state index is -0.896. The van der Waals surface area contributed by atoms with Crippen LogP contribution in [0.5, 0.6) is 0 Å². The quantitative estimate of drug-likeness (QED) is 0.791. The number of aliphatic carboxylic acids is 1. The van der Waals surface area contributed by atoms with E-state index < -0.39 is 11.9 Å². The van der Waals surface area contributed by atoms with Crippen molar-refractivity contribution in [3.63, 3.8) is 0 Å². The van der Waals surface area contributed by atoms with Crippen molar-refractivity contribution in [1.29, 1.82) is 0 Å². The molecule has 1 aromatic carbocycles. The maximum Gasteiger partial charge on any atom is 0.307 e. The van der Waals surface area contributed by atoms with Crippen molar-refractivity contribution < 1.29 is 14.3 Å². The van der Waals surface area contributed by atoms with E-state index in [0.29, 0.717) is 18.4 Å². The monoisotopic (exact) mass is 220 g/mol. The van der Waals surface area contributed by atoms with Crippen LogP contribution in [0, 0.1) is 23.6 Å². The molecule has 0 spiro atoms. The molecule has 0 aliphatic carbocycles. The summed E-state index contributed by atoms with van der Waals surface area (Å²) in [6.45, 7) is 1.67. The Hall–Kier alpha value is -1.82. The number of hydrogen-bond acceptors (Lipinski definition) is 1. The van der Waals surface area contributed by atoms with Crippen LogP contribution in [0.15, 0.2) is 24.3 Å². The molecule has 1 atom stereocenters. The molecule has 0 fully saturated rings. The van der Waals surface area contributed by atoms with Crippen molar-refractivity contribution in [2.75, 3.05) is 0 Å². The molecule has 0 aromatic heterocycles. The fourth-order valence-corrected chi connectivity index (χ4v) is 1.42. The van der Waals surface area contributed by atoms with Gasteiger partial charge in [-0.05, 0) is 31.0 Å². The number of halogens is 1. The summed E-state index contributed by atoms with van der Waals surface area (Å²) >= 11 is 0. The van der Waals surface area contributed by atoms with Gasteiger partial charge in [-0.1, -0.05) is 12.1 Å². The Balaban J connectivity index is 2.74. The molecule has 0 aliphatic heterocycles. The summed E-state index contributed by atoms with van der Waals surface area (Å²) in [4.78, 5) is 10.9. The van der Waals surface area contributed by atoms with Gasteiger partial charge in [0.2, 0.25) is 0 Å². The third kappa shape index (κ3) is 3.74. The number of rotatable bonds is 4. The van der Waals surface area contributed by atoms with Gasteiger partial charge in [0.25, 0.3) is 0 Å². The Labute approximate surface area is 94.1 Å². The molecule has 0 aliphatic rings. The predicted octanol–water partition coefficient (Wildman–Crippen LogP) is 2.48. The summed E-state index contributed by atoms with van der Waals surface area (Å²) in [7, 11) is 0. The Morgan fingerprint density at radius 1 is 1.56 bits per heavy atom. The predicted molar refractivity (Wildman–Crippen MR) is 59.3 cm³/mol. The molecule has 0 radical (unpaired) electrons. The molecule has 0 saturated heterocycles. The molecule has 2 nitrogen and oxygen atoms in total. The lowest BCUT2D eigenvalue weighted by molar-refractivity contribution is -0.141. The fourth-order valence-electron chi connectivity index (χ4n) is 1.42. The molecular weight excluding hydrogens is 207 g/mol. The van der Waals surface area contributed by atoms with Gasteiger partial charge in [-0.2, -0.15) is 0 Å². The van der Waals surface area contributed by atoms with Crippen molar-refractivity contribution in [3.05, 3.63) is 35.6 Å². The van der Waals surface area contributed by atoms with E-state index in [1.54, 1.807) is 19.1 Å². The highest BCUT2D eigenvalue weighted by Gasteiger charge is 2.16. The first-order valence-corrected chi connectivity index (χ1v) is 5.00. The van der Waals surface area contributed by atoms with Gasteiger partial charge in [-0.15, -0.1) is 11.8 Å². The van der Waals surface area contributed by atoms with E-state index in [0.717, 1.165) is 0 Å². The van der Waals surface area contributed by atoms with Crippen LogP contribution in [0.2, 0.25) is 0 Å². The molecule has 0 saturated carbocycles. The van der Waals surface area contributed by atoms with E-state index in [-0.39, 0.29) is 5.82 Å². The molecule has 1 N–H and O–H groups in total. The molecule has 3 heteroatoms. The van der Waals surface area contributed by atoms with E-state index in [1.165, 1.54) is 12.1 Å². The average Bonchev–Trinajstić information content (AvgIpc) is 2.24. The lowest BCUT2D eigenvalue weighted by atomic mass is 9.96. The van der Waals surface area contributed by atoms with Crippen LogP contribution in [0.4, 0.5) is 4.39 Å². The van der Waals surface area contributed by atoms with E-state index in [1.807, 2.05) is 0 Å². The van der Waals surface area contributed by atoms with E-state index >= 15 is 0 Å². The normalized spacial score (nSPS) is 11.4. The second-order valence-corrected chi connectivity index (χ2v) is 3.50. The smallest absolute Gasteiger partial charge is 0.307 e. The highest BCUT2D eigenvalue weighted by Crippen LogP contribution is 2.13. The van der Waals surface area contributed by atoms with E-state index in [9.17, 15) is 9.18 Å². The van der Waals surface area contributed by atoms with Gasteiger partial charge < -0.3 is 5.11 Å². The maximum atomic E-state index is 12.9. The second kappa shape index (κ2) is 5.92. The van der Waals surface area contributed by atoms with Gasteiger partial charge in [0, 0.05) is 6.42 Å². The zero-order chi connectivity index (χ0) is 12.0. The molecule has 84 valence electrons. The lowest BCUT2D eigenvalue weighted by Crippen LogP contribution is -2.15. The summed E-state index contributed by atoms with van der Waals surface area (Å²) in [6, 6.07) is 5.99. The number of carboxylic acids is 1. The summed E-state index contributed by atoms with van der Waals surface area (Å²) in [5.41, 5.74) is 0.685. The fraction of sp³-hybridized carbons (Fsp3) is 0.308. The third-order valence-corrected chi connectivity index (χ3v) is 2.25. The van der Waals surface area contributed by atoms with Crippen molar-refractivity contribution in [2.45, 2.75) is 19.8 Å². The van der Waals surface area contributed by atoms with Crippen LogP contribution in [-0.4, -0.2) is 11.1 Å². The van der Waals surface area contributed by atoms with Crippen LogP contribution >= 0.6 is 0 Å². The Kier molecular flexibility index (Phi) is 4.53. The SMILES string of the molecule is CC#CCC(Cc1cccc(F)c1)C(=O)O. The van der Waals surface area contributed by atoms with Gasteiger partial charge in [-0.25, -0.2) is 4.39 Å². The Morgan fingerprint density at radius 2 is 2.31 bits per heavy atom. The van der Waals surface area contributed by atoms with Crippen LogP contribution in [0.1, 0.15) is 18.9 Å². The topological polar surface area (TPSA) is 37.3 Å². The van der Waals surface area contributed by atoms with Crippen LogP contribution in [-0.2, 0) is 11.2 Å². The summed E-state index contributed by atoms with van der Waals surface area (Å²) in [5.74, 6) is 3.59. The first-order chi connectivity index (χ1) is 7.63. The van der Waals surface area contributed by atoms with Gasteiger partial charge in [0.15, 0.2) is 0 Å².